The second-order valence-corrected chi connectivity index (χ2v) is 3.26. The maximum absolute atomic E-state index is 10.5. The number of carboxylic acids is 1. The second-order valence-electron chi connectivity index (χ2n) is 3.26. The van der Waals surface area contributed by atoms with E-state index in [1.165, 1.54) is 5.56 Å². The molecule has 1 N–H and O–H groups in total. The van der Waals surface area contributed by atoms with Gasteiger partial charge < -0.3 is 5.11 Å². The fourth-order valence-corrected chi connectivity index (χ4v) is 1.15. The molecule has 0 heterocycles. The van der Waals surface area contributed by atoms with Gasteiger partial charge in [-0.2, -0.15) is 0 Å². The van der Waals surface area contributed by atoms with Crippen molar-refractivity contribution in [2.24, 2.45) is 5.92 Å². The van der Waals surface area contributed by atoms with E-state index in [1.54, 1.807) is 6.92 Å². The van der Waals surface area contributed by atoms with Gasteiger partial charge in [0.25, 0.3) is 0 Å². The van der Waals surface area contributed by atoms with Gasteiger partial charge in [0, 0.05) is 0 Å². The Kier molecular flexibility index (Phi) is 3.50. The zero-order valence-corrected chi connectivity index (χ0v) is 7.73. The lowest BCUT2D eigenvalue weighted by molar-refractivity contribution is -0.141. The minimum atomic E-state index is -0.712. The topological polar surface area (TPSA) is 37.3 Å². The van der Waals surface area contributed by atoms with Crippen LogP contribution in [0.3, 0.4) is 0 Å². The maximum Gasteiger partial charge on any atom is 0.306 e. The van der Waals surface area contributed by atoms with Crippen LogP contribution in [0, 0.1) is 5.92 Å². The summed E-state index contributed by atoms with van der Waals surface area (Å²) in [5.41, 5.74) is 1.20. The van der Waals surface area contributed by atoms with Gasteiger partial charge in [-0.25, -0.2) is 0 Å². The Balaban J connectivity index is 2.39. The molecule has 0 aliphatic rings. The summed E-state index contributed by atoms with van der Waals surface area (Å²) in [6, 6.07) is 9.95. The predicted molar refractivity (Wildman–Crippen MR) is 51.6 cm³/mol. The number of rotatable bonds is 4. The number of carboxylic acid groups (broad SMARTS) is 1. The molecule has 0 unspecified atom stereocenters. The Morgan fingerprint density at radius 2 is 2.00 bits per heavy atom. The third-order valence-electron chi connectivity index (χ3n) is 2.13. The largest absolute Gasteiger partial charge is 0.481 e. The number of hydrogen-bond donors (Lipinski definition) is 1. The van der Waals surface area contributed by atoms with Crippen LogP contribution in [0.15, 0.2) is 30.3 Å². The fraction of sp³-hybridized carbons (Fsp3) is 0.364. The molecule has 0 saturated carbocycles. The fourth-order valence-electron chi connectivity index (χ4n) is 1.15. The van der Waals surface area contributed by atoms with E-state index in [-0.39, 0.29) is 5.92 Å². The SMILES string of the molecule is C[C@@H](CCc1ccccc1)C(=O)O. The molecule has 70 valence electrons. The molecule has 0 amide bonds. The first kappa shape index (κ1) is 9.78. The van der Waals surface area contributed by atoms with E-state index in [9.17, 15) is 4.79 Å². The van der Waals surface area contributed by atoms with Crippen LogP contribution in [-0.4, -0.2) is 11.1 Å². The summed E-state index contributed by atoms with van der Waals surface area (Å²) in [7, 11) is 0. The van der Waals surface area contributed by atoms with Gasteiger partial charge in [0.2, 0.25) is 0 Å². The van der Waals surface area contributed by atoms with Crippen molar-refractivity contribution >= 4 is 5.97 Å². The lowest BCUT2D eigenvalue weighted by atomic mass is 10.0. The van der Waals surface area contributed by atoms with E-state index >= 15 is 0 Å². The zero-order valence-electron chi connectivity index (χ0n) is 7.73. The van der Waals surface area contributed by atoms with Crippen molar-refractivity contribution in [2.75, 3.05) is 0 Å². The van der Waals surface area contributed by atoms with Gasteiger partial charge in [-0.15, -0.1) is 0 Å². The summed E-state index contributed by atoms with van der Waals surface area (Å²) in [6.45, 7) is 1.74. The first-order chi connectivity index (χ1) is 6.20. The highest BCUT2D eigenvalue weighted by Crippen LogP contribution is 2.09. The van der Waals surface area contributed by atoms with Gasteiger partial charge in [0.05, 0.1) is 5.92 Å². The Morgan fingerprint density at radius 3 is 2.54 bits per heavy atom. The van der Waals surface area contributed by atoms with Crippen LogP contribution in [0.2, 0.25) is 0 Å². The maximum atomic E-state index is 10.5. The van der Waals surface area contributed by atoms with Gasteiger partial charge in [-0.3, -0.25) is 4.79 Å². The second kappa shape index (κ2) is 4.65. The molecule has 1 rings (SSSR count). The van der Waals surface area contributed by atoms with E-state index in [4.69, 9.17) is 5.11 Å². The normalized spacial score (nSPS) is 12.4. The van der Waals surface area contributed by atoms with E-state index < -0.39 is 5.97 Å². The van der Waals surface area contributed by atoms with Crippen molar-refractivity contribution < 1.29 is 9.90 Å². The third kappa shape index (κ3) is 3.28. The minimum absolute atomic E-state index is 0.250. The number of hydrogen-bond acceptors (Lipinski definition) is 1. The Labute approximate surface area is 78.2 Å². The summed E-state index contributed by atoms with van der Waals surface area (Å²) in [6.07, 6.45) is 1.55. The predicted octanol–water partition coefficient (Wildman–Crippen LogP) is 2.34. The molecule has 2 nitrogen and oxygen atoms in total. The molecule has 0 bridgehead atoms. The molecule has 2 heteroatoms. The van der Waals surface area contributed by atoms with Crippen molar-refractivity contribution in [1.29, 1.82) is 0 Å². The Morgan fingerprint density at radius 1 is 1.38 bits per heavy atom. The summed E-state index contributed by atoms with van der Waals surface area (Å²) < 4.78 is 0. The van der Waals surface area contributed by atoms with Gasteiger partial charge in [0.15, 0.2) is 0 Å². The highest BCUT2D eigenvalue weighted by molar-refractivity contribution is 5.69. The molecule has 13 heavy (non-hydrogen) atoms. The molecule has 0 aromatic heterocycles. The molecule has 1 aromatic carbocycles. The molecule has 0 saturated heterocycles. The molecular formula is C11H14O2. The van der Waals surface area contributed by atoms with Crippen LogP contribution < -0.4 is 0 Å². The molecule has 0 fully saturated rings. The number of benzene rings is 1. The number of carbonyl (C=O) groups is 1. The van der Waals surface area contributed by atoms with Crippen molar-refractivity contribution in [3.8, 4) is 0 Å². The van der Waals surface area contributed by atoms with Crippen molar-refractivity contribution in [3.05, 3.63) is 35.9 Å². The molecule has 1 aromatic rings. The average molecular weight is 178 g/mol. The summed E-state index contributed by atoms with van der Waals surface area (Å²) >= 11 is 0. The summed E-state index contributed by atoms with van der Waals surface area (Å²) in [4.78, 5) is 10.5. The van der Waals surface area contributed by atoms with Crippen molar-refractivity contribution in [2.45, 2.75) is 19.8 Å². The lowest BCUT2D eigenvalue weighted by Gasteiger charge is -2.05. The molecule has 0 spiro atoms. The highest BCUT2D eigenvalue weighted by Gasteiger charge is 2.09. The quantitative estimate of drug-likeness (QED) is 0.768. The average Bonchev–Trinajstić information content (AvgIpc) is 2.15. The first-order valence-electron chi connectivity index (χ1n) is 4.47. The molecular weight excluding hydrogens is 164 g/mol. The summed E-state index contributed by atoms with van der Waals surface area (Å²) in [5, 5.41) is 8.66. The smallest absolute Gasteiger partial charge is 0.306 e. The van der Waals surface area contributed by atoms with Crippen LogP contribution in [0.25, 0.3) is 0 Å². The number of aliphatic carboxylic acids is 1. The molecule has 0 aliphatic heterocycles. The Bertz CT molecular complexity index is 267. The van der Waals surface area contributed by atoms with E-state index in [0.29, 0.717) is 6.42 Å². The van der Waals surface area contributed by atoms with E-state index in [1.807, 2.05) is 30.3 Å². The van der Waals surface area contributed by atoms with Crippen LogP contribution in [0.1, 0.15) is 18.9 Å². The standard InChI is InChI=1S/C11H14O2/c1-9(11(12)13)7-8-10-5-3-2-4-6-10/h2-6,9H,7-8H2,1H3,(H,12,13)/t9-/m0/s1. The highest BCUT2D eigenvalue weighted by atomic mass is 16.4. The van der Waals surface area contributed by atoms with Crippen molar-refractivity contribution in [1.82, 2.24) is 0 Å². The van der Waals surface area contributed by atoms with E-state index in [0.717, 1.165) is 6.42 Å². The lowest BCUT2D eigenvalue weighted by Crippen LogP contribution is -2.10. The third-order valence-corrected chi connectivity index (χ3v) is 2.13. The zero-order chi connectivity index (χ0) is 9.68. The van der Waals surface area contributed by atoms with Crippen LogP contribution in [0.4, 0.5) is 0 Å². The molecule has 0 radical (unpaired) electrons. The summed E-state index contributed by atoms with van der Waals surface area (Å²) in [5.74, 6) is -0.962. The van der Waals surface area contributed by atoms with Crippen LogP contribution in [0.5, 0.6) is 0 Å². The van der Waals surface area contributed by atoms with Crippen LogP contribution >= 0.6 is 0 Å². The number of aryl methyl sites for hydroxylation is 1. The van der Waals surface area contributed by atoms with Crippen LogP contribution in [-0.2, 0) is 11.2 Å². The van der Waals surface area contributed by atoms with Gasteiger partial charge >= 0.3 is 5.97 Å². The van der Waals surface area contributed by atoms with E-state index in [2.05, 4.69) is 0 Å². The first-order valence-corrected chi connectivity index (χ1v) is 4.47. The molecule has 0 aliphatic carbocycles. The van der Waals surface area contributed by atoms with Gasteiger partial charge in [-0.05, 0) is 18.4 Å². The Hall–Kier alpha value is -1.31. The van der Waals surface area contributed by atoms with Gasteiger partial charge in [-0.1, -0.05) is 37.3 Å². The minimum Gasteiger partial charge on any atom is -0.481 e. The molecule has 1 atom stereocenters. The van der Waals surface area contributed by atoms with Crippen molar-refractivity contribution in [3.63, 3.8) is 0 Å². The monoisotopic (exact) mass is 178 g/mol. The van der Waals surface area contributed by atoms with Gasteiger partial charge in [0.1, 0.15) is 0 Å².